The monoisotopic (exact) mass is 361 g/mol. The normalized spacial score (nSPS) is 11.4. The summed E-state index contributed by atoms with van der Waals surface area (Å²) >= 11 is 1.78. The predicted molar refractivity (Wildman–Crippen MR) is 103 cm³/mol. The Balaban J connectivity index is 1.91. The van der Waals surface area contributed by atoms with Crippen molar-refractivity contribution in [3.63, 3.8) is 0 Å². The highest BCUT2D eigenvalue weighted by Gasteiger charge is 2.05. The standard InChI is InChI=1S/C18H27N5OS/c1-4-15-13-22-16(25-15)9-11-21-18(19-5-2)23-12-14-8-7-10-20-17(14)24-6-3/h7-8,10,13H,4-6,9,11-12H2,1-3H3,(H2,19,21,23). The van der Waals surface area contributed by atoms with Gasteiger partial charge in [-0.3, -0.25) is 0 Å². The van der Waals surface area contributed by atoms with Crippen LogP contribution in [-0.2, 0) is 19.4 Å². The first kappa shape index (κ1) is 19.2. The fraction of sp³-hybridized carbons (Fsp3) is 0.500. The van der Waals surface area contributed by atoms with E-state index in [1.165, 1.54) is 4.88 Å². The van der Waals surface area contributed by atoms with Crippen LogP contribution in [-0.4, -0.2) is 35.6 Å². The Kier molecular flexibility index (Phi) is 8.18. The van der Waals surface area contributed by atoms with E-state index in [1.807, 2.05) is 25.3 Å². The number of guanidine groups is 1. The highest BCUT2D eigenvalue weighted by atomic mass is 32.1. The van der Waals surface area contributed by atoms with Crippen LogP contribution in [0.15, 0.2) is 29.5 Å². The van der Waals surface area contributed by atoms with Crippen molar-refractivity contribution in [2.45, 2.75) is 40.2 Å². The highest BCUT2D eigenvalue weighted by Crippen LogP contribution is 2.15. The third kappa shape index (κ3) is 6.34. The summed E-state index contributed by atoms with van der Waals surface area (Å²) in [4.78, 5) is 14.7. The molecule has 2 heterocycles. The van der Waals surface area contributed by atoms with Crippen molar-refractivity contribution in [2.24, 2.45) is 4.99 Å². The molecule has 0 saturated carbocycles. The Morgan fingerprint density at radius 2 is 2.12 bits per heavy atom. The molecule has 2 rings (SSSR count). The average Bonchev–Trinajstić information content (AvgIpc) is 3.09. The summed E-state index contributed by atoms with van der Waals surface area (Å²) in [6, 6.07) is 3.90. The summed E-state index contributed by atoms with van der Waals surface area (Å²) in [6.07, 6.45) is 5.64. The van der Waals surface area contributed by atoms with Gasteiger partial charge in [-0.15, -0.1) is 11.3 Å². The molecular formula is C18H27N5OS. The van der Waals surface area contributed by atoms with E-state index in [2.05, 4.69) is 39.4 Å². The van der Waals surface area contributed by atoms with Gasteiger partial charge in [0.05, 0.1) is 18.2 Å². The van der Waals surface area contributed by atoms with Crippen molar-refractivity contribution in [3.05, 3.63) is 40.0 Å². The highest BCUT2D eigenvalue weighted by molar-refractivity contribution is 7.11. The molecule has 0 bridgehead atoms. The maximum atomic E-state index is 5.55. The molecule has 7 heteroatoms. The van der Waals surface area contributed by atoms with Gasteiger partial charge < -0.3 is 15.4 Å². The second-order valence-corrected chi connectivity index (χ2v) is 6.55. The Labute approximate surface area is 153 Å². The van der Waals surface area contributed by atoms with E-state index < -0.39 is 0 Å². The van der Waals surface area contributed by atoms with E-state index in [4.69, 9.17) is 4.74 Å². The predicted octanol–water partition coefficient (Wildman–Crippen LogP) is 2.80. The van der Waals surface area contributed by atoms with Crippen LogP contribution in [0.4, 0.5) is 0 Å². The molecule has 136 valence electrons. The van der Waals surface area contributed by atoms with E-state index in [1.54, 1.807) is 17.5 Å². The molecule has 0 atom stereocenters. The first-order valence-corrected chi connectivity index (χ1v) is 9.60. The lowest BCUT2D eigenvalue weighted by Crippen LogP contribution is -2.38. The molecule has 0 radical (unpaired) electrons. The van der Waals surface area contributed by atoms with Crippen molar-refractivity contribution >= 4 is 17.3 Å². The minimum Gasteiger partial charge on any atom is -0.478 e. The first-order valence-electron chi connectivity index (χ1n) is 8.79. The Morgan fingerprint density at radius 3 is 2.84 bits per heavy atom. The minimum atomic E-state index is 0.524. The fourth-order valence-corrected chi connectivity index (χ4v) is 3.09. The molecular weight excluding hydrogens is 334 g/mol. The van der Waals surface area contributed by atoms with Gasteiger partial charge >= 0.3 is 0 Å². The van der Waals surface area contributed by atoms with Crippen LogP contribution in [0.5, 0.6) is 5.88 Å². The third-order valence-corrected chi connectivity index (χ3v) is 4.67. The summed E-state index contributed by atoms with van der Waals surface area (Å²) in [7, 11) is 0. The van der Waals surface area contributed by atoms with Crippen LogP contribution in [0.25, 0.3) is 0 Å². The van der Waals surface area contributed by atoms with Crippen molar-refractivity contribution in [2.75, 3.05) is 19.7 Å². The second-order valence-electron chi connectivity index (χ2n) is 5.35. The first-order chi connectivity index (χ1) is 12.3. The quantitative estimate of drug-likeness (QED) is 0.531. The van der Waals surface area contributed by atoms with Gasteiger partial charge in [0.1, 0.15) is 0 Å². The topological polar surface area (TPSA) is 71.4 Å². The summed E-state index contributed by atoms with van der Waals surface area (Å²) in [5, 5.41) is 7.79. The molecule has 6 nitrogen and oxygen atoms in total. The van der Waals surface area contributed by atoms with E-state index in [0.717, 1.165) is 42.5 Å². The van der Waals surface area contributed by atoms with E-state index in [-0.39, 0.29) is 0 Å². The van der Waals surface area contributed by atoms with Gasteiger partial charge in [-0.05, 0) is 26.3 Å². The zero-order chi connectivity index (χ0) is 17.9. The molecule has 0 aliphatic heterocycles. The van der Waals surface area contributed by atoms with Gasteiger partial charge in [-0.25, -0.2) is 15.0 Å². The van der Waals surface area contributed by atoms with Crippen LogP contribution < -0.4 is 15.4 Å². The number of nitrogens with zero attached hydrogens (tertiary/aromatic N) is 3. The van der Waals surface area contributed by atoms with E-state index >= 15 is 0 Å². The molecule has 0 saturated heterocycles. The minimum absolute atomic E-state index is 0.524. The lowest BCUT2D eigenvalue weighted by molar-refractivity contribution is 0.323. The lowest BCUT2D eigenvalue weighted by atomic mass is 10.3. The van der Waals surface area contributed by atoms with Crippen molar-refractivity contribution in [3.8, 4) is 5.88 Å². The molecule has 0 aliphatic rings. The van der Waals surface area contributed by atoms with Crippen molar-refractivity contribution in [1.29, 1.82) is 0 Å². The van der Waals surface area contributed by atoms with Gasteiger partial charge in [0, 0.05) is 42.3 Å². The number of hydrogen-bond donors (Lipinski definition) is 2. The number of ether oxygens (including phenoxy) is 1. The number of rotatable bonds is 9. The van der Waals surface area contributed by atoms with Crippen LogP contribution in [0, 0.1) is 0 Å². The third-order valence-electron chi connectivity index (χ3n) is 3.46. The van der Waals surface area contributed by atoms with Crippen LogP contribution >= 0.6 is 11.3 Å². The van der Waals surface area contributed by atoms with E-state index in [0.29, 0.717) is 19.0 Å². The number of pyridine rings is 1. The molecule has 0 amide bonds. The second kappa shape index (κ2) is 10.7. The van der Waals surface area contributed by atoms with E-state index in [9.17, 15) is 0 Å². The number of nitrogens with one attached hydrogen (secondary N) is 2. The zero-order valence-corrected chi connectivity index (χ0v) is 16.0. The Bertz CT molecular complexity index is 671. The number of hydrogen-bond acceptors (Lipinski definition) is 5. The Hall–Kier alpha value is -2.15. The van der Waals surface area contributed by atoms with Crippen LogP contribution in [0.1, 0.15) is 36.2 Å². The SMILES string of the molecule is CCNC(=NCc1cccnc1OCC)NCCc1ncc(CC)s1. The fourth-order valence-electron chi connectivity index (χ4n) is 2.23. The van der Waals surface area contributed by atoms with Gasteiger partial charge in [0.25, 0.3) is 0 Å². The van der Waals surface area contributed by atoms with Gasteiger partial charge in [0.2, 0.25) is 5.88 Å². The molecule has 0 unspecified atom stereocenters. The number of thiazole rings is 1. The van der Waals surface area contributed by atoms with Gasteiger partial charge in [-0.1, -0.05) is 13.0 Å². The van der Waals surface area contributed by atoms with Crippen molar-refractivity contribution < 1.29 is 4.74 Å². The average molecular weight is 362 g/mol. The molecule has 25 heavy (non-hydrogen) atoms. The molecule has 0 aromatic carbocycles. The molecule has 2 aromatic heterocycles. The maximum Gasteiger partial charge on any atom is 0.218 e. The Morgan fingerprint density at radius 1 is 1.24 bits per heavy atom. The number of aliphatic imine (C=N–C) groups is 1. The molecule has 2 N–H and O–H groups in total. The summed E-state index contributed by atoms with van der Waals surface area (Å²) < 4.78 is 5.55. The smallest absolute Gasteiger partial charge is 0.218 e. The summed E-state index contributed by atoms with van der Waals surface area (Å²) in [5.74, 6) is 1.44. The summed E-state index contributed by atoms with van der Waals surface area (Å²) in [5.41, 5.74) is 0.981. The van der Waals surface area contributed by atoms with Crippen molar-refractivity contribution in [1.82, 2.24) is 20.6 Å². The summed E-state index contributed by atoms with van der Waals surface area (Å²) in [6.45, 7) is 8.90. The van der Waals surface area contributed by atoms with Crippen LogP contribution in [0.3, 0.4) is 0 Å². The molecule has 0 fully saturated rings. The molecule has 0 aliphatic carbocycles. The number of aromatic nitrogens is 2. The largest absolute Gasteiger partial charge is 0.478 e. The van der Waals surface area contributed by atoms with Crippen LogP contribution in [0.2, 0.25) is 0 Å². The molecule has 0 spiro atoms. The zero-order valence-electron chi connectivity index (χ0n) is 15.2. The van der Waals surface area contributed by atoms with Gasteiger partial charge in [0.15, 0.2) is 5.96 Å². The van der Waals surface area contributed by atoms with Gasteiger partial charge in [-0.2, -0.15) is 0 Å². The molecule has 2 aromatic rings. The number of aryl methyl sites for hydroxylation is 1. The maximum absolute atomic E-state index is 5.55. The lowest BCUT2D eigenvalue weighted by Gasteiger charge is -2.11.